The van der Waals surface area contributed by atoms with Crippen LogP contribution in [0, 0.1) is 0 Å². The van der Waals surface area contributed by atoms with Gasteiger partial charge in [-0.3, -0.25) is 20.0 Å². The van der Waals surface area contributed by atoms with Crippen molar-refractivity contribution in [3.05, 3.63) is 236 Å². The van der Waals surface area contributed by atoms with E-state index in [9.17, 15) is 20.0 Å². The first kappa shape index (κ1) is 63.5. The number of carbonyl (C=O) groups excluding carboxylic acids is 2. The molecule has 2 amide bonds. The number of carbonyl (C=O) groups is 2. The molecule has 0 aromatic heterocycles. The fourth-order valence-corrected chi connectivity index (χ4v) is 14.3. The molecule has 1 aliphatic rings. The third-order valence-electron chi connectivity index (χ3n) is 19.5. The zero-order chi connectivity index (χ0) is 66.5. The lowest BCUT2D eigenvalue weighted by molar-refractivity contribution is -0.170. The normalized spacial score (nSPS) is 13.2. The Morgan fingerprint density at radius 2 is 0.596 bits per heavy atom. The van der Waals surface area contributed by atoms with Gasteiger partial charge in [0.15, 0.2) is 13.2 Å². The van der Waals surface area contributed by atoms with Crippen LogP contribution in [0.5, 0.6) is 23.0 Å². The van der Waals surface area contributed by atoms with Crippen LogP contribution in [-0.2, 0) is 70.0 Å². The van der Waals surface area contributed by atoms with Crippen molar-refractivity contribution in [3.8, 4) is 23.0 Å². The van der Waals surface area contributed by atoms with Crippen LogP contribution < -0.4 is 18.9 Å². The summed E-state index contributed by atoms with van der Waals surface area (Å²) in [6.45, 7) is 25.6. The molecule has 0 fully saturated rings. The minimum Gasteiger partial charge on any atom is -0.496 e. The maximum Gasteiger partial charge on any atom is 0.284 e. The second-order valence-corrected chi connectivity index (χ2v) is 30.3. The molecule has 2 N–H and O–H groups in total. The first-order valence-electron chi connectivity index (χ1n) is 32.9. The van der Waals surface area contributed by atoms with Gasteiger partial charge in [0.1, 0.15) is 23.0 Å². The molecular formula is C84H86N2O8. The number of methoxy groups -OCH3 is 2. The fourth-order valence-electron chi connectivity index (χ4n) is 14.3. The summed E-state index contributed by atoms with van der Waals surface area (Å²) in [7, 11) is 3.44. The van der Waals surface area contributed by atoms with Gasteiger partial charge in [0.05, 0.1) is 27.3 Å². The maximum absolute atomic E-state index is 14.6. The molecule has 94 heavy (non-hydrogen) atoms. The smallest absolute Gasteiger partial charge is 0.284 e. The molecule has 480 valence electrons. The summed E-state index contributed by atoms with van der Waals surface area (Å²) in [5.41, 5.74) is 11.9. The Bertz CT molecular complexity index is 4510. The molecule has 8 bridgehead atoms. The van der Waals surface area contributed by atoms with Crippen LogP contribution in [0.4, 0.5) is 0 Å². The van der Waals surface area contributed by atoms with Crippen LogP contribution in [0.15, 0.2) is 158 Å². The van der Waals surface area contributed by atoms with Gasteiger partial charge in [-0.1, -0.05) is 241 Å². The van der Waals surface area contributed by atoms with E-state index in [0.717, 1.165) is 153 Å². The third kappa shape index (κ3) is 12.0. The second-order valence-electron chi connectivity index (χ2n) is 30.3. The Morgan fingerprint density at radius 3 is 0.862 bits per heavy atom. The first-order valence-corrected chi connectivity index (χ1v) is 32.9. The summed E-state index contributed by atoms with van der Waals surface area (Å²) in [5, 5.41) is 38.6. The zero-order valence-electron chi connectivity index (χ0n) is 56.9. The summed E-state index contributed by atoms with van der Waals surface area (Å²) >= 11 is 0. The monoisotopic (exact) mass is 1250 g/mol. The minimum atomic E-state index is -0.584. The number of nitrogens with zero attached hydrogens (tertiary/aromatic N) is 2. The SMILES string of the molecule is COc1c2cc(C(C)(C)C)cc1Cc1cc(C(C)(C)C)cc(c1OCC(=O)N(O)Cc1ccc3ccc4cccc5ccc1c3c45)Cc1cc(C(C)(C)C)cc(c1OC)Cc1cc(C(C)(C)C)cc(c1OCC(=O)N(O)Cc1ccc3ccc4cccc5ccc1c3c45)C2. The van der Waals surface area contributed by atoms with Crippen molar-refractivity contribution in [2.75, 3.05) is 27.4 Å². The highest BCUT2D eigenvalue weighted by molar-refractivity contribution is 6.24. The van der Waals surface area contributed by atoms with E-state index in [1.54, 1.807) is 14.2 Å². The van der Waals surface area contributed by atoms with Crippen molar-refractivity contribution in [1.29, 1.82) is 0 Å². The molecule has 1 aliphatic carbocycles. The van der Waals surface area contributed by atoms with Crippen LogP contribution in [-0.4, -0.2) is 59.8 Å². The minimum absolute atomic E-state index is 0.0379. The standard InChI is InChI=1S/C84H86N2O8/c1-81(2,3)65-37-57-33-61-41-67(83(7,8)9)43-63(79(61)93-47-71(87)85(89)45-55-27-25-53-23-21-49-17-15-19-51-29-31-69(55)75(53)73(49)51)35-59-39-66(82(4,5)6)40-60(78(59)92-14)36-64-44-68(84(10,11)12)42-62(34-58(38-65)77(57)91-13)80(64)94-48-72(88)86(90)46-56-28-26-54-24-22-50-18-16-20-52-30-32-70(56)76(54)74(50)52/h15-32,37-44,89-90H,33-36,45-48H2,1-14H3. The molecule has 10 nitrogen and oxygen atoms in total. The van der Waals surface area contributed by atoms with E-state index >= 15 is 0 Å². The molecule has 0 heterocycles. The highest BCUT2D eigenvalue weighted by Gasteiger charge is 2.31. The number of hydrogen-bond donors (Lipinski definition) is 2. The van der Waals surface area contributed by atoms with Gasteiger partial charge in [0, 0.05) is 25.7 Å². The van der Waals surface area contributed by atoms with Gasteiger partial charge in [0.25, 0.3) is 11.8 Å². The molecule has 0 radical (unpaired) electrons. The van der Waals surface area contributed by atoms with Crippen molar-refractivity contribution in [2.24, 2.45) is 0 Å². The van der Waals surface area contributed by atoms with E-state index < -0.39 is 25.0 Å². The molecule has 13 rings (SSSR count). The quantitative estimate of drug-likeness (QED) is 0.0706. The van der Waals surface area contributed by atoms with Gasteiger partial charge >= 0.3 is 0 Å². The van der Waals surface area contributed by atoms with Crippen LogP contribution >= 0.6 is 0 Å². The van der Waals surface area contributed by atoms with Crippen molar-refractivity contribution >= 4 is 76.4 Å². The van der Waals surface area contributed by atoms with Crippen LogP contribution in [0.25, 0.3) is 64.6 Å². The molecule has 10 heteroatoms. The summed E-state index contributed by atoms with van der Waals surface area (Å²) < 4.78 is 27.3. The van der Waals surface area contributed by atoms with Crippen LogP contribution in [0.1, 0.15) is 161 Å². The number of hydroxylamine groups is 4. The van der Waals surface area contributed by atoms with Gasteiger partial charge in [-0.15, -0.1) is 0 Å². The Hall–Kier alpha value is -9.22. The summed E-state index contributed by atoms with van der Waals surface area (Å²) in [6, 6.07) is 55.5. The maximum atomic E-state index is 14.6. The average Bonchev–Trinajstić information content (AvgIpc) is 0.749. The van der Waals surface area contributed by atoms with Gasteiger partial charge in [0.2, 0.25) is 0 Å². The first-order chi connectivity index (χ1) is 44.6. The number of hydrogen-bond acceptors (Lipinski definition) is 8. The highest BCUT2D eigenvalue weighted by Crippen LogP contribution is 2.46. The van der Waals surface area contributed by atoms with E-state index in [-0.39, 0.29) is 34.7 Å². The molecule has 0 saturated heterocycles. The predicted octanol–water partition coefficient (Wildman–Crippen LogP) is 19.0. The van der Waals surface area contributed by atoms with Crippen molar-refractivity contribution in [2.45, 2.75) is 144 Å². The molecule has 0 saturated carbocycles. The largest absolute Gasteiger partial charge is 0.496 e. The lowest BCUT2D eigenvalue weighted by Gasteiger charge is -2.29. The summed E-state index contributed by atoms with van der Waals surface area (Å²) in [4.78, 5) is 29.2. The third-order valence-corrected chi connectivity index (χ3v) is 19.5. The fraction of sp³-hybridized carbons (Fsp3) is 0.310. The predicted molar refractivity (Wildman–Crippen MR) is 381 cm³/mol. The number of ether oxygens (including phenoxy) is 4. The molecule has 12 aromatic rings. The molecule has 12 aromatic carbocycles. The van der Waals surface area contributed by atoms with Crippen molar-refractivity contribution in [3.63, 3.8) is 0 Å². The summed E-state index contributed by atoms with van der Waals surface area (Å²) in [6.07, 6.45) is 1.44. The van der Waals surface area contributed by atoms with E-state index in [1.807, 2.05) is 12.1 Å². The molecule has 0 aliphatic heterocycles. The van der Waals surface area contributed by atoms with Crippen molar-refractivity contribution < 1.29 is 39.0 Å². The van der Waals surface area contributed by atoms with E-state index in [4.69, 9.17) is 18.9 Å². The molecule has 0 spiro atoms. The van der Waals surface area contributed by atoms with Gasteiger partial charge < -0.3 is 18.9 Å². The number of fused-ring (bicyclic) bond motifs is 8. The van der Waals surface area contributed by atoms with Crippen molar-refractivity contribution in [1.82, 2.24) is 10.1 Å². The Kier molecular flexibility index (Phi) is 16.2. The van der Waals surface area contributed by atoms with E-state index in [2.05, 4.69) is 229 Å². The Labute approximate surface area is 552 Å². The zero-order valence-corrected chi connectivity index (χ0v) is 56.9. The second kappa shape index (κ2) is 24.0. The van der Waals surface area contributed by atoms with Gasteiger partial charge in [-0.25, -0.2) is 10.1 Å². The van der Waals surface area contributed by atoms with E-state index in [0.29, 0.717) is 48.7 Å². The molecule has 0 unspecified atom stereocenters. The number of amides is 2. The highest BCUT2D eigenvalue weighted by atomic mass is 16.5. The van der Waals surface area contributed by atoms with Gasteiger partial charge in [-0.2, -0.15) is 0 Å². The van der Waals surface area contributed by atoms with Gasteiger partial charge in [-0.05, 0) is 164 Å². The topological polar surface area (TPSA) is 118 Å². The average molecular weight is 1250 g/mol. The van der Waals surface area contributed by atoms with Crippen LogP contribution in [0.2, 0.25) is 0 Å². The number of benzene rings is 12. The Balaban J connectivity index is 0.925. The van der Waals surface area contributed by atoms with Crippen LogP contribution in [0.3, 0.4) is 0 Å². The lowest BCUT2D eigenvalue weighted by atomic mass is 9.79. The lowest BCUT2D eigenvalue weighted by Crippen LogP contribution is -2.32. The Morgan fingerprint density at radius 1 is 0.351 bits per heavy atom. The summed E-state index contributed by atoms with van der Waals surface area (Å²) in [5.74, 6) is 1.33. The molecular weight excluding hydrogens is 1160 g/mol. The van der Waals surface area contributed by atoms with E-state index in [1.165, 1.54) is 0 Å². The number of rotatable bonds is 12. The molecule has 0 atom stereocenters.